The fourth-order valence-corrected chi connectivity index (χ4v) is 2.18. The molecule has 90 valence electrons. The zero-order chi connectivity index (χ0) is 12.5. The highest BCUT2D eigenvalue weighted by molar-refractivity contribution is 6.35. The van der Waals surface area contributed by atoms with Crippen LogP contribution >= 0.6 is 0 Å². The Morgan fingerprint density at radius 3 is 2.50 bits per heavy atom. The Balaban J connectivity index is 1.95. The lowest BCUT2D eigenvalue weighted by atomic mass is 10.0. The van der Waals surface area contributed by atoms with Gasteiger partial charge in [-0.2, -0.15) is 0 Å². The maximum atomic E-state index is 11.3. The molecule has 1 saturated heterocycles. The zero-order valence-electron chi connectivity index (χ0n) is 9.64. The van der Waals surface area contributed by atoms with Gasteiger partial charge in [0, 0.05) is 6.54 Å². The van der Waals surface area contributed by atoms with Gasteiger partial charge in [0.25, 0.3) is 0 Å². The maximum Gasteiger partial charge on any atom is 0.309 e. The van der Waals surface area contributed by atoms with Gasteiger partial charge in [-0.3, -0.25) is 9.59 Å². The number of benzene rings is 2. The van der Waals surface area contributed by atoms with E-state index in [9.17, 15) is 9.59 Å². The van der Waals surface area contributed by atoms with E-state index in [4.69, 9.17) is 0 Å². The Morgan fingerprint density at radius 2 is 1.72 bits per heavy atom. The van der Waals surface area contributed by atoms with E-state index in [1.165, 1.54) is 0 Å². The molecular formula is C14H12N2O2. The van der Waals surface area contributed by atoms with E-state index < -0.39 is 11.8 Å². The molecule has 1 atom stereocenters. The standard InChI is InChI=1S/C14H12N2O2/c17-13-14(18)16-12(8-15-13)11-6-5-9-3-1-2-4-10(9)7-11/h1-7,12H,8H2,(H,15,17)(H,16,18). The van der Waals surface area contributed by atoms with Gasteiger partial charge < -0.3 is 10.6 Å². The summed E-state index contributed by atoms with van der Waals surface area (Å²) in [6.45, 7) is 0.433. The Morgan fingerprint density at radius 1 is 0.944 bits per heavy atom. The number of hydrogen-bond donors (Lipinski definition) is 2. The molecule has 4 heteroatoms. The number of carbonyl (C=O) groups excluding carboxylic acids is 2. The van der Waals surface area contributed by atoms with E-state index in [-0.39, 0.29) is 6.04 Å². The summed E-state index contributed by atoms with van der Waals surface area (Å²) in [5.74, 6) is -1.13. The third kappa shape index (κ3) is 1.82. The van der Waals surface area contributed by atoms with Gasteiger partial charge in [-0.1, -0.05) is 36.4 Å². The van der Waals surface area contributed by atoms with Gasteiger partial charge in [-0.15, -0.1) is 0 Å². The molecule has 0 saturated carbocycles. The van der Waals surface area contributed by atoms with Crippen LogP contribution in [-0.4, -0.2) is 18.4 Å². The molecule has 0 bridgehead atoms. The van der Waals surface area contributed by atoms with E-state index in [1.807, 2.05) is 42.5 Å². The third-order valence-corrected chi connectivity index (χ3v) is 3.15. The van der Waals surface area contributed by atoms with Gasteiger partial charge in [0.1, 0.15) is 0 Å². The predicted molar refractivity (Wildman–Crippen MR) is 67.8 cm³/mol. The van der Waals surface area contributed by atoms with Crippen molar-refractivity contribution in [1.82, 2.24) is 10.6 Å². The molecule has 1 unspecified atom stereocenters. The molecule has 18 heavy (non-hydrogen) atoms. The van der Waals surface area contributed by atoms with Gasteiger partial charge >= 0.3 is 11.8 Å². The van der Waals surface area contributed by atoms with Crippen LogP contribution in [0, 0.1) is 0 Å². The van der Waals surface area contributed by atoms with Crippen LogP contribution < -0.4 is 10.6 Å². The molecule has 2 aromatic carbocycles. The number of nitrogens with one attached hydrogen (secondary N) is 2. The molecule has 0 spiro atoms. The molecule has 2 N–H and O–H groups in total. The lowest BCUT2D eigenvalue weighted by Gasteiger charge is -2.24. The molecule has 1 fully saturated rings. The number of hydrogen-bond acceptors (Lipinski definition) is 2. The lowest BCUT2D eigenvalue weighted by Crippen LogP contribution is -2.51. The van der Waals surface area contributed by atoms with Crippen molar-refractivity contribution in [2.45, 2.75) is 6.04 Å². The first-order valence-electron chi connectivity index (χ1n) is 5.81. The summed E-state index contributed by atoms with van der Waals surface area (Å²) in [7, 11) is 0. The SMILES string of the molecule is O=C1NCC(c2ccc3ccccc3c2)NC1=O. The minimum absolute atomic E-state index is 0.153. The van der Waals surface area contributed by atoms with Crippen LogP contribution in [0.2, 0.25) is 0 Å². The molecule has 0 radical (unpaired) electrons. The van der Waals surface area contributed by atoms with Crippen LogP contribution in [-0.2, 0) is 9.59 Å². The number of amides is 2. The topological polar surface area (TPSA) is 58.2 Å². The first-order valence-corrected chi connectivity index (χ1v) is 5.81. The van der Waals surface area contributed by atoms with Crippen molar-refractivity contribution in [2.24, 2.45) is 0 Å². The molecule has 3 rings (SSSR count). The molecule has 1 heterocycles. The monoisotopic (exact) mass is 240 g/mol. The summed E-state index contributed by atoms with van der Waals surface area (Å²) < 4.78 is 0. The quantitative estimate of drug-likeness (QED) is 0.734. The van der Waals surface area contributed by atoms with Crippen molar-refractivity contribution in [1.29, 1.82) is 0 Å². The zero-order valence-corrected chi connectivity index (χ0v) is 9.64. The molecule has 4 nitrogen and oxygen atoms in total. The first kappa shape index (κ1) is 10.8. The van der Waals surface area contributed by atoms with Crippen molar-refractivity contribution in [2.75, 3.05) is 6.54 Å². The van der Waals surface area contributed by atoms with Crippen molar-refractivity contribution in [3.63, 3.8) is 0 Å². The normalized spacial score (nSPS) is 19.4. The summed E-state index contributed by atoms with van der Waals surface area (Å²) in [6, 6.07) is 13.9. The summed E-state index contributed by atoms with van der Waals surface area (Å²) >= 11 is 0. The largest absolute Gasteiger partial charge is 0.345 e. The molecule has 2 amide bonds. The second-order valence-electron chi connectivity index (χ2n) is 4.34. The van der Waals surface area contributed by atoms with Crippen LogP contribution in [0.15, 0.2) is 42.5 Å². The molecular weight excluding hydrogens is 228 g/mol. The van der Waals surface area contributed by atoms with E-state index in [0.717, 1.165) is 16.3 Å². The Hall–Kier alpha value is -2.36. The number of fused-ring (bicyclic) bond motifs is 1. The van der Waals surface area contributed by atoms with E-state index in [2.05, 4.69) is 10.6 Å². The van der Waals surface area contributed by atoms with Gasteiger partial charge in [-0.25, -0.2) is 0 Å². The summed E-state index contributed by atoms with van der Waals surface area (Å²) in [4.78, 5) is 22.4. The summed E-state index contributed by atoms with van der Waals surface area (Å²) in [5.41, 5.74) is 1.00. The van der Waals surface area contributed by atoms with E-state index in [0.29, 0.717) is 6.54 Å². The fourth-order valence-electron chi connectivity index (χ4n) is 2.18. The van der Waals surface area contributed by atoms with Gasteiger partial charge in [0.2, 0.25) is 0 Å². The number of rotatable bonds is 1. The van der Waals surface area contributed by atoms with Crippen LogP contribution in [0.4, 0.5) is 0 Å². The van der Waals surface area contributed by atoms with Crippen molar-refractivity contribution < 1.29 is 9.59 Å². The van der Waals surface area contributed by atoms with E-state index >= 15 is 0 Å². The molecule has 2 aromatic rings. The van der Waals surface area contributed by atoms with Crippen molar-refractivity contribution in [3.05, 3.63) is 48.0 Å². The van der Waals surface area contributed by atoms with Crippen LogP contribution in [0.3, 0.4) is 0 Å². The maximum absolute atomic E-state index is 11.3. The average molecular weight is 240 g/mol. The predicted octanol–water partition coefficient (Wildman–Crippen LogP) is 1.13. The summed E-state index contributed by atoms with van der Waals surface area (Å²) in [5, 5.41) is 7.56. The molecule has 1 aliphatic heterocycles. The second kappa shape index (κ2) is 4.14. The Bertz CT molecular complexity index is 636. The number of piperazine rings is 1. The van der Waals surface area contributed by atoms with Crippen LogP contribution in [0.1, 0.15) is 11.6 Å². The van der Waals surface area contributed by atoms with Crippen molar-refractivity contribution in [3.8, 4) is 0 Å². The molecule has 0 aromatic heterocycles. The van der Waals surface area contributed by atoms with E-state index in [1.54, 1.807) is 0 Å². The highest BCUT2D eigenvalue weighted by atomic mass is 16.2. The minimum atomic E-state index is -0.570. The molecule has 0 aliphatic carbocycles. The van der Waals surface area contributed by atoms with Crippen LogP contribution in [0.5, 0.6) is 0 Å². The third-order valence-electron chi connectivity index (χ3n) is 3.15. The fraction of sp³-hybridized carbons (Fsp3) is 0.143. The van der Waals surface area contributed by atoms with Gasteiger partial charge in [0.15, 0.2) is 0 Å². The number of carbonyl (C=O) groups is 2. The lowest BCUT2D eigenvalue weighted by molar-refractivity contribution is -0.141. The average Bonchev–Trinajstić information content (AvgIpc) is 2.41. The Kier molecular flexibility index (Phi) is 2.48. The second-order valence-corrected chi connectivity index (χ2v) is 4.34. The Labute approximate surface area is 104 Å². The molecule has 1 aliphatic rings. The van der Waals surface area contributed by atoms with Crippen LogP contribution in [0.25, 0.3) is 10.8 Å². The van der Waals surface area contributed by atoms with Crippen molar-refractivity contribution >= 4 is 22.6 Å². The highest BCUT2D eigenvalue weighted by Crippen LogP contribution is 2.21. The first-order chi connectivity index (χ1) is 8.74. The highest BCUT2D eigenvalue weighted by Gasteiger charge is 2.25. The summed E-state index contributed by atoms with van der Waals surface area (Å²) in [6.07, 6.45) is 0. The van der Waals surface area contributed by atoms with Gasteiger partial charge in [-0.05, 0) is 22.4 Å². The smallest absolute Gasteiger partial charge is 0.309 e. The van der Waals surface area contributed by atoms with Gasteiger partial charge in [0.05, 0.1) is 6.04 Å². The minimum Gasteiger partial charge on any atom is -0.345 e.